The summed E-state index contributed by atoms with van der Waals surface area (Å²) in [5.74, 6) is -0.693. The zero-order valence-corrected chi connectivity index (χ0v) is 8.02. The van der Waals surface area contributed by atoms with Gasteiger partial charge < -0.3 is 4.74 Å². The number of hydrogen-bond acceptors (Lipinski definition) is 1. The van der Waals surface area contributed by atoms with Gasteiger partial charge in [-0.15, -0.1) is 0 Å². The summed E-state index contributed by atoms with van der Waals surface area (Å²) >= 11 is 2.98. The Balaban J connectivity index is 2.98. The van der Waals surface area contributed by atoms with Crippen molar-refractivity contribution in [3.63, 3.8) is 0 Å². The summed E-state index contributed by atoms with van der Waals surface area (Å²) in [6.45, 7) is -2.93. The molecule has 0 heterocycles. The average Bonchev–Trinajstić information content (AvgIpc) is 2.03. The van der Waals surface area contributed by atoms with E-state index < -0.39 is 12.4 Å². The van der Waals surface area contributed by atoms with Gasteiger partial charge in [-0.3, -0.25) is 0 Å². The standard InChI is InChI=1S/C8H6BrF3O/c9-4-5-6(10)2-1-3-7(5)13-8(11)12/h1-3,8H,4H2. The van der Waals surface area contributed by atoms with Crippen LogP contribution in [0, 0.1) is 5.82 Å². The highest BCUT2D eigenvalue weighted by Crippen LogP contribution is 2.25. The molecule has 0 aromatic heterocycles. The number of halogens is 4. The van der Waals surface area contributed by atoms with Crippen LogP contribution in [0.25, 0.3) is 0 Å². The Labute approximate surface area is 81.6 Å². The average molecular weight is 255 g/mol. The van der Waals surface area contributed by atoms with Gasteiger partial charge in [0.25, 0.3) is 0 Å². The molecule has 0 saturated carbocycles. The third-order valence-corrected chi connectivity index (χ3v) is 1.99. The molecule has 0 aliphatic heterocycles. The van der Waals surface area contributed by atoms with Crippen LogP contribution >= 0.6 is 15.9 Å². The maximum absolute atomic E-state index is 12.9. The predicted molar refractivity (Wildman–Crippen MR) is 45.7 cm³/mol. The fourth-order valence-corrected chi connectivity index (χ4v) is 1.42. The zero-order chi connectivity index (χ0) is 9.84. The largest absolute Gasteiger partial charge is 0.434 e. The Bertz CT molecular complexity index is 291. The minimum atomic E-state index is -2.93. The first-order valence-corrected chi connectivity index (χ1v) is 4.55. The van der Waals surface area contributed by atoms with Gasteiger partial charge in [-0.1, -0.05) is 22.0 Å². The van der Waals surface area contributed by atoms with Gasteiger partial charge in [-0.25, -0.2) is 4.39 Å². The summed E-state index contributed by atoms with van der Waals surface area (Å²) in [6, 6.07) is 3.81. The third kappa shape index (κ3) is 2.62. The Morgan fingerprint density at radius 2 is 2.08 bits per heavy atom. The molecule has 72 valence electrons. The first-order valence-electron chi connectivity index (χ1n) is 3.43. The summed E-state index contributed by atoms with van der Waals surface area (Å²) in [6.07, 6.45) is 0. The van der Waals surface area contributed by atoms with Crippen LogP contribution in [0.3, 0.4) is 0 Å². The van der Waals surface area contributed by atoms with Crippen LogP contribution in [-0.2, 0) is 5.33 Å². The van der Waals surface area contributed by atoms with Crippen LogP contribution in [0.15, 0.2) is 18.2 Å². The summed E-state index contributed by atoms with van der Waals surface area (Å²) < 4.78 is 40.7. The van der Waals surface area contributed by atoms with E-state index in [2.05, 4.69) is 20.7 Å². The van der Waals surface area contributed by atoms with E-state index in [1.54, 1.807) is 0 Å². The van der Waals surface area contributed by atoms with Crippen molar-refractivity contribution in [3.8, 4) is 5.75 Å². The van der Waals surface area contributed by atoms with Gasteiger partial charge in [0, 0.05) is 10.9 Å². The number of benzene rings is 1. The molecule has 0 amide bonds. The fraction of sp³-hybridized carbons (Fsp3) is 0.250. The minimum Gasteiger partial charge on any atom is -0.434 e. The predicted octanol–water partition coefficient (Wildman–Crippen LogP) is 3.32. The zero-order valence-electron chi connectivity index (χ0n) is 6.44. The lowest BCUT2D eigenvalue weighted by Crippen LogP contribution is -2.04. The lowest BCUT2D eigenvalue weighted by molar-refractivity contribution is -0.0504. The molecular weight excluding hydrogens is 249 g/mol. The fourth-order valence-electron chi connectivity index (χ4n) is 0.875. The van der Waals surface area contributed by atoms with Crippen molar-refractivity contribution in [2.45, 2.75) is 11.9 Å². The van der Waals surface area contributed by atoms with Crippen molar-refractivity contribution in [1.82, 2.24) is 0 Å². The van der Waals surface area contributed by atoms with Crippen molar-refractivity contribution in [2.75, 3.05) is 0 Å². The molecule has 5 heteroatoms. The highest BCUT2D eigenvalue weighted by molar-refractivity contribution is 9.08. The van der Waals surface area contributed by atoms with Crippen LogP contribution in [0.5, 0.6) is 5.75 Å². The molecule has 0 aliphatic rings. The van der Waals surface area contributed by atoms with Crippen LogP contribution in [0.1, 0.15) is 5.56 Å². The van der Waals surface area contributed by atoms with Gasteiger partial charge in [0.15, 0.2) is 0 Å². The lowest BCUT2D eigenvalue weighted by atomic mass is 10.2. The summed E-state index contributed by atoms with van der Waals surface area (Å²) in [4.78, 5) is 0. The van der Waals surface area contributed by atoms with Crippen LogP contribution < -0.4 is 4.74 Å². The van der Waals surface area contributed by atoms with Gasteiger partial charge in [0.2, 0.25) is 0 Å². The summed E-state index contributed by atoms with van der Waals surface area (Å²) in [7, 11) is 0. The van der Waals surface area contributed by atoms with Crippen LogP contribution in [-0.4, -0.2) is 6.61 Å². The minimum absolute atomic E-state index is 0.0998. The molecule has 1 nitrogen and oxygen atoms in total. The molecule has 0 saturated heterocycles. The molecule has 1 aromatic carbocycles. The molecule has 0 bridgehead atoms. The number of alkyl halides is 3. The molecule has 0 aliphatic carbocycles. The second-order valence-corrected chi connectivity index (χ2v) is 2.79. The quantitative estimate of drug-likeness (QED) is 0.753. The highest BCUT2D eigenvalue weighted by Gasteiger charge is 2.11. The molecule has 0 spiro atoms. The molecule has 1 rings (SSSR count). The second-order valence-electron chi connectivity index (χ2n) is 2.23. The molecule has 1 aromatic rings. The molecule has 0 radical (unpaired) electrons. The topological polar surface area (TPSA) is 9.23 Å². The van der Waals surface area contributed by atoms with Crippen molar-refractivity contribution >= 4 is 15.9 Å². The summed E-state index contributed by atoms with van der Waals surface area (Å²) in [5.41, 5.74) is 0.0998. The van der Waals surface area contributed by atoms with E-state index in [9.17, 15) is 13.2 Å². The summed E-state index contributed by atoms with van der Waals surface area (Å²) in [5, 5.41) is 0.141. The van der Waals surface area contributed by atoms with Crippen molar-refractivity contribution in [1.29, 1.82) is 0 Å². The van der Waals surface area contributed by atoms with Crippen LogP contribution in [0.4, 0.5) is 13.2 Å². The van der Waals surface area contributed by atoms with E-state index in [0.29, 0.717) is 0 Å². The Kier molecular flexibility index (Phi) is 3.59. The van der Waals surface area contributed by atoms with E-state index in [1.165, 1.54) is 18.2 Å². The first-order chi connectivity index (χ1) is 6.15. The lowest BCUT2D eigenvalue weighted by Gasteiger charge is -2.08. The van der Waals surface area contributed by atoms with Gasteiger partial charge in [0.05, 0.1) is 0 Å². The Morgan fingerprint density at radius 3 is 2.62 bits per heavy atom. The van der Waals surface area contributed by atoms with E-state index in [4.69, 9.17) is 0 Å². The maximum Gasteiger partial charge on any atom is 0.387 e. The van der Waals surface area contributed by atoms with Crippen molar-refractivity contribution < 1.29 is 17.9 Å². The van der Waals surface area contributed by atoms with Gasteiger partial charge in [-0.2, -0.15) is 8.78 Å². The van der Waals surface area contributed by atoms with Crippen molar-refractivity contribution in [3.05, 3.63) is 29.6 Å². The van der Waals surface area contributed by atoms with E-state index in [-0.39, 0.29) is 16.6 Å². The van der Waals surface area contributed by atoms with Gasteiger partial charge in [-0.05, 0) is 12.1 Å². The molecule has 0 atom stereocenters. The second kappa shape index (κ2) is 4.50. The van der Waals surface area contributed by atoms with Gasteiger partial charge >= 0.3 is 6.61 Å². The SMILES string of the molecule is Fc1cccc(OC(F)F)c1CBr. The molecule has 0 fully saturated rings. The van der Waals surface area contributed by atoms with E-state index in [0.717, 1.165) is 0 Å². The Morgan fingerprint density at radius 1 is 1.38 bits per heavy atom. The van der Waals surface area contributed by atoms with E-state index in [1.807, 2.05) is 0 Å². The van der Waals surface area contributed by atoms with Crippen molar-refractivity contribution in [2.24, 2.45) is 0 Å². The monoisotopic (exact) mass is 254 g/mol. The Hall–Kier alpha value is -0.710. The van der Waals surface area contributed by atoms with Gasteiger partial charge in [0.1, 0.15) is 11.6 Å². The molecule has 13 heavy (non-hydrogen) atoms. The third-order valence-electron chi connectivity index (χ3n) is 1.43. The van der Waals surface area contributed by atoms with E-state index >= 15 is 0 Å². The molecular formula is C8H6BrF3O. The maximum atomic E-state index is 12.9. The number of hydrogen-bond donors (Lipinski definition) is 0. The first kappa shape index (κ1) is 10.4. The normalized spacial score (nSPS) is 10.5. The highest BCUT2D eigenvalue weighted by atomic mass is 79.9. The molecule has 0 unspecified atom stereocenters. The smallest absolute Gasteiger partial charge is 0.387 e. The number of ether oxygens (including phenoxy) is 1. The van der Waals surface area contributed by atoms with Crippen LogP contribution in [0.2, 0.25) is 0 Å². The molecule has 0 N–H and O–H groups in total. The number of rotatable bonds is 3.